The van der Waals surface area contributed by atoms with E-state index in [1.165, 1.54) is 11.8 Å². The van der Waals surface area contributed by atoms with Crippen molar-refractivity contribution in [3.05, 3.63) is 81.5 Å². The Morgan fingerprint density at radius 3 is 2.58 bits per heavy atom. The van der Waals surface area contributed by atoms with Crippen LogP contribution in [0.5, 0.6) is 0 Å². The van der Waals surface area contributed by atoms with Crippen LogP contribution >= 0.6 is 39.0 Å². The highest BCUT2D eigenvalue weighted by atomic mass is 79.9. The number of carbonyl (C=O) groups excluding carboxylic acids is 1. The fourth-order valence-corrected chi connectivity index (χ4v) is 4.49. The smallest absolute Gasteiger partial charge is 0.250 e. The molecule has 0 aliphatic carbocycles. The second-order valence-corrected chi connectivity index (χ2v) is 9.29. The van der Waals surface area contributed by atoms with E-state index in [9.17, 15) is 4.79 Å². The first kappa shape index (κ1) is 21.5. The second-order valence-electron chi connectivity index (χ2n) is 6.48. The summed E-state index contributed by atoms with van der Waals surface area (Å²) >= 11 is 6.37. The highest BCUT2D eigenvalue weighted by Crippen LogP contribution is 2.28. The predicted octanol–water partition coefficient (Wildman–Crippen LogP) is 5.39. The molecular weight excluding hydrogens is 494 g/mol. The number of rotatable bonds is 7. The Hall–Kier alpha value is -2.75. The van der Waals surface area contributed by atoms with Gasteiger partial charge >= 0.3 is 0 Å². The van der Waals surface area contributed by atoms with E-state index in [0.29, 0.717) is 5.16 Å². The van der Waals surface area contributed by atoms with Crippen molar-refractivity contribution in [3.63, 3.8) is 0 Å². The minimum Gasteiger partial charge on any atom is -0.272 e. The number of hydrogen-bond donors (Lipinski definition) is 1. The SMILES string of the molecule is CC(=NNC(=O)CSc1nnc(-c2ccccc2)n1-c1ccc(Br)cc1)c1cccs1. The van der Waals surface area contributed by atoms with E-state index in [1.807, 2.05) is 83.6 Å². The third kappa shape index (κ3) is 5.30. The van der Waals surface area contributed by atoms with Crippen LogP contribution in [0.1, 0.15) is 11.8 Å². The van der Waals surface area contributed by atoms with Crippen LogP contribution < -0.4 is 5.43 Å². The summed E-state index contributed by atoms with van der Waals surface area (Å²) in [6.07, 6.45) is 0. The third-order valence-electron chi connectivity index (χ3n) is 4.31. The van der Waals surface area contributed by atoms with Gasteiger partial charge in [-0.05, 0) is 42.6 Å². The van der Waals surface area contributed by atoms with E-state index >= 15 is 0 Å². The molecule has 31 heavy (non-hydrogen) atoms. The highest BCUT2D eigenvalue weighted by molar-refractivity contribution is 9.10. The number of halogens is 1. The minimum atomic E-state index is -0.201. The van der Waals surface area contributed by atoms with Crippen molar-refractivity contribution in [1.82, 2.24) is 20.2 Å². The second kappa shape index (κ2) is 10.0. The number of hydrogen-bond acceptors (Lipinski definition) is 6. The van der Waals surface area contributed by atoms with E-state index in [2.05, 4.69) is 36.7 Å². The molecule has 0 saturated heterocycles. The van der Waals surface area contributed by atoms with Gasteiger partial charge in [0, 0.05) is 20.6 Å². The van der Waals surface area contributed by atoms with Gasteiger partial charge in [0.25, 0.3) is 5.91 Å². The van der Waals surface area contributed by atoms with Gasteiger partial charge in [-0.3, -0.25) is 9.36 Å². The summed E-state index contributed by atoms with van der Waals surface area (Å²) in [5.74, 6) is 0.690. The number of carbonyl (C=O) groups is 1. The Morgan fingerprint density at radius 1 is 1.10 bits per heavy atom. The molecule has 0 saturated carbocycles. The Morgan fingerprint density at radius 2 is 1.87 bits per heavy atom. The summed E-state index contributed by atoms with van der Waals surface area (Å²) in [5.41, 5.74) is 5.26. The first-order valence-electron chi connectivity index (χ1n) is 9.38. The third-order valence-corrected chi connectivity index (χ3v) is 6.74. The molecular formula is C22H18BrN5OS2. The molecule has 0 aliphatic heterocycles. The zero-order valence-corrected chi connectivity index (χ0v) is 19.7. The Balaban J connectivity index is 1.54. The van der Waals surface area contributed by atoms with Gasteiger partial charge < -0.3 is 0 Å². The molecule has 0 fully saturated rings. The highest BCUT2D eigenvalue weighted by Gasteiger charge is 2.17. The molecule has 2 heterocycles. The molecule has 1 amide bonds. The lowest BCUT2D eigenvalue weighted by atomic mass is 10.2. The van der Waals surface area contributed by atoms with Gasteiger partial charge in [-0.15, -0.1) is 21.5 Å². The van der Waals surface area contributed by atoms with Crippen molar-refractivity contribution in [2.75, 3.05) is 5.75 Å². The van der Waals surface area contributed by atoms with Crippen molar-refractivity contribution >= 4 is 50.6 Å². The Bertz CT molecular complexity index is 1190. The van der Waals surface area contributed by atoms with Crippen LogP contribution in [0, 0.1) is 0 Å². The molecule has 4 aromatic rings. The zero-order chi connectivity index (χ0) is 21.6. The van der Waals surface area contributed by atoms with Crippen molar-refractivity contribution in [1.29, 1.82) is 0 Å². The van der Waals surface area contributed by atoms with Gasteiger partial charge in [0.1, 0.15) is 0 Å². The number of thioether (sulfide) groups is 1. The molecule has 0 unspecified atom stereocenters. The molecule has 2 aromatic carbocycles. The number of nitrogens with zero attached hydrogens (tertiary/aromatic N) is 4. The first-order chi connectivity index (χ1) is 15.1. The molecule has 0 aliphatic rings. The molecule has 0 bridgehead atoms. The van der Waals surface area contributed by atoms with Gasteiger partial charge in [-0.1, -0.05) is 64.1 Å². The number of aromatic nitrogens is 3. The van der Waals surface area contributed by atoms with Gasteiger partial charge in [0.15, 0.2) is 11.0 Å². The number of hydrazone groups is 1. The predicted molar refractivity (Wildman–Crippen MR) is 130 cm³/mol. The van der Waals surface area contributed by atoms with Crippen LogP contribution in [0.25, 0.3) is 17.1 Å². The Kier molecular flexibility index (Phi) is 6.96. The van der Waals surface area contributed by atoms with E-state index in [0.717, 1.165) is 32.1 Å². The lowest BCUT2D eigenvalue weighted by Crippen LogP contribution is -2.21. The van der Waals surface area contributed by atoms with E-state index in [-0.39, 0.29) is 11.7 Å². The number of amides is 1. The maximum absolute atomic E-state index is 12.4. The number of thiophene rings is 1. The molecule has 0 spiro atoms. The minimum absolute atomic E-state index is 0.171. The average Bonchev–Trinajstić information content (AvgIpc) is 3.48. The average molecular weight is 512 g/mol. The first-order valence-corrected chi connectivity index (χ1v) is 12.0. The van der Waals surface area contributed by atoms with Gasteiger partial charge in [0.05, 0.1) is 11.5 Å². The van der Waals surface area contributed by atoms with Crippen LogP contribution in [0.4, 0.5) is 0 Å². The van der Waals surface area contributed by atoms with Crippen molar-refractivity contribution in [2.24, 2.45) is 5.10 Å². The van der Waals surface area contributed by atoms with Crippen molar-refractivity contribution in [3.8, 4) is 17.1 Å². The molecule has 4 rings (SSSR count). The summed E-state index contributed by atoms with van der Waals surface area (Å²) in [6.45, 7) is 1.87. The molecule has 9 heteroatoms. The summed E-state index contributed by atoms with van der Waals surface area (Å²) in [6, 6.07) is 21.7. The van der Waals surface area contributed by atoms with E-state index in [1.54, 1.807) is 11.3 Å². The fourth-order valence-electron chi connectivity index (χ4n) is 2.81. The van der Waals surface area contributed by atoms with Crippen molar-refractivity contribution in [2.45, 2.75) is 12.1 Å². The molecule has 156 valence electrons. The van der Waals surface area contributed by atoms with Crippen LogP contribution in [-0.2, 0) is 4.79 Å². The lowest BCUT2D eigenvalue weighted by Gasteiger charge is -2.10. The normalized spacial score (nSPS) is 11.5. The van der Waals surface area contributed by atoms with Crippen LogP contribution in [-0.4, -0.2) is 32.1 Å². The van der Waals surface area contributed by atoms with Crippen LogP contribution in [0.15, 0.2) is 86.8 Å². The molecule has 1 N–H and O–H groups in total. The molecule has 2 aromatic heterocycles. The topological polar surface area (TPSA) is 72.2 Å². The molecule has 6 nitrogen and oxygen atoms in total. The van der Waals surface area contributed by atoms with Crippen LogP contribution in [0.3, 0.4) is 0 Å². The summed E-state index contributed by atoms with van der Waals surface area (Å²) in [4.78, 5) is 13.4. The monoisotopic (exact) mass is 511 g/mol. The number of nitrogens with one attached hydrogen (secondary N) is 1. The number of benzene rings is 2. The summed E-state index contributed by atoms with van der Waals surface area (Å²) < 4.78 is 2.94. The van der Waals surface area contributed by atoms with Gasteiger partial charge in [-0.25, -0.2) is 5.43 Å². The maximum atomic E-state index is 12.4. The van der Waals surface area contributed by atoms with E-state index in [4.69, 9.17) is 0 Å². The van der Waals surface area contributed by atoms with Crippen LogP contribution in [0.2, 0.25) is 0 Å². The van der Waals surface area contributed by atoms with E-state index < -0.39 is 0 Å². The zero-order valence-electron chi connectivity index (χ0n) is 16.5. The quantitative estimate of drug-likeness (QED) is 0.205. The maximum Gasteiger partial charge on any atom is 0.250 e. The standard InChI is InChI=1S/C22H18BrN5OS2/c1-15(19-8-5-13-30-19)24-25-20(29)14-31-22-27-26-21(16-6-3-2-4-7-16)28(22)18-11-9-17(23)10-12-18/h2-13H,14H2,1H3,(H,25,29). The molecule has 0 radical (unpaired) electrons. The van der Waals surface area contributed by atoms with Crippen molar-refractivity contribution < 1.29 is 4.79 Å². The van der Waals surface area contributed by atoms with Gasteiger partial charge in [0.2, 0.25) is 0 Å². The fraction of sp³-hybridized carbons (Fsp3) is 0.0909. The largest absolute Gasteiger partial charge is 0.272 e. The Labute approximate surface area is 196 Å². The molecule has 0 atom stereocenters. The van der Waals surface area contributed by atoms with Gasteiger partial charge in [-0.2, -0.15) is 5.10 Å². The lowest BCUT2D eigenvalue weighted by molar-refractivity contribution is -0.118. The summed E-state index contributed by atoms with van der Waals surface area (Å²) in [7, 11) is 0. The summed E-state index contributed by atoms with van der Waals surface area (Å²) in [5, 5.41) is 15.5.